The van der Waals surface area contributed by atoms with E-state index in [-0.39, 0.29) is 5.82 Å². The van der Waals surface area contributed by atoms with E-state index >= 15 is 0 Å². The molecule has 0 saturated carbocycles. The van der Waals surface area contributed by atoms with E-state index in [1.165, 1.54) is 12.4 Å². The summed E-state index contributed by atoms with van der Waals surface area (Å²) in [5.74, 6) is 0.444. The molecule has 1 heterocycles. The first-order chi connectivity index (χ1) is 7.75. The van der Waals surface area contributed by atoms with E-state index in [1.54, 1.807) is 24.4 Å². The minimum Gasteiger partial charge on any atom is -0.366 e. The Balaban J connectivity index is 2.08. The summed E-state index contributed by atoms with van der Waals surface area (Å²) >= 11 is 3.30. The largest absolute Gasteiger partial charge is 0.366 e. The van der Waals surface area contributed by atoms with Crippen LogP contribution < -0.4 is 5.32 Å². The van der Waals surface area contributed by atoms with Crippen LogP contribution in [0, 0.1) is 5.82 Å². The molecule has 0 saturated heterocycles. The fourth-order valence-electron chi connectivity index (χ4n) is 1.26. The average molecular weight is 282 g/mol. The van der Waals surface area contributed by atoms with Crippen LogP contribution in [0.5, 0.6) is 0 Å². The van der Waals surface area contributed by atoms with Gasteiger partial charge in [-0.25, -0.2) is 14.4 Å². The molecule has 16 heavy (non-hydrogen) atoms. The molecular formula is C11H9BrFN3. The Hall–Kier alpha value is -1.49. The normalized spacial score (nSPS) is 10.1. The molecule has 0 spiro atoms. The van der Waals surface area contributed by atoms with Crippen molar-refractivity contribution in [2.45, 2.75) is 6.54 Å². The third-order valence-electron chi connectivity index (χ3n) is 2.05. The molecule has 0 aliphatic heterocycles. The summed E-state index contributed by atoms with van der Waals surface area (Å²) in [6.45, 7) is 0.391. The van der Waals surface area contributed by atoms with Gasteiger partial charge in [0.1, 0.15) is 18.0 Å². The van der Waals surface area contributed by atoms with Gasteiger partial charge in [0, 0.05) is 22.8 Å². The van der Waals surface area contributed by atoms with Gasteiger partial charge in [-0.05, 0) is 24.3 Å². The lowest BCUT2D eigenvalue weighted by molar-refractivity contribution is 0.612. The number of rotatable bonds is 3. The van der Waals surface area contributed by atoms with Crippen molar-refractivity contribution in [2.24, 2.45) is 0 Å². The van der Waals surface area contributed by atoms with Crippen LogP contribution in [-0.2, 0) is 6.54 Å². The zero-order chi connectivity index (χ0) is 11.4. The number of nitrogens with one attached hydrogen (secondary N) is 1. The highest BCUT2D eigenvalue weighted by Crippen LogP contribution is 2.16. The molecule has 0 aliphatic carbocycles. The number of anilines is 1. The minimum absolute atomic E-state index is 0.232. The second-order valence-electron chi connectivity index (χ2n) is 3.18. The van der Waals surface area contributed by atoms with Gasteiger partial charge in [0.15, 0.2) is 0 Å². The maximum Gasteiger partial charge on any atom is 0.129 e. The van der Waals surface area contributed by atoms with Gasteiger partial charge in [-0.15, -0.1) is 0 Å². The predicted octanol–water partition coefficient (Wildman–Crippen LogP) is 2.99. The van der Waals surface area contributed by atoms with Gasteiger partial charge < -0.3 is 5.32 Å². The minimum atomic E-state index is -0.232. The Morgan fingerprint density at radius 1 is 1.31 bits per heavy atom. The summed E-state index contributed by atoms with van der Waals surface area (Å²) in [5.41, 5.74) is 0.591. The molecule has 3 nitrogen and oxygen atoms in total. The zero-order valence-electron chi connectivity index (χ0n) is 8.32. The number of hydrogen-bond acceptors (Lipinski definition) is 3. The summed E-state index contributed by atoms with van der Waals surface area (Å²) in [6, 6.07) is 6.57. The molecule has 0 radical (unpaired) electrons. The molecule has 0 aliphatic rings. The number of benzene rings is 1. The molecule has 82 valence electrons. The van der Waals surface area contributed by atoms with Gasteiger partial charge in [0.25, 0.3) is 0 Å². The fourth-order valence-corrected chi connectivity index (χ4v) is 1.67. The third-order valence-corrected chi connectivity index (χ3v) is 2.54. The van der Waals surface area contributed by atoms with Crippen LogP contribution in [0.25, 0.3) is 0 Å². The molecule has 1 aromatic carbocycles. The van der Waals surface area contributed by atoms with Gasteiger partial charge in [0.2, 0.25) is 0 Å². The van der Waals surface area contributed by atoms with Crippen molar-refractivity contribution in [1.29, 1.82) is 0 Å². The fraction of sp³-hybridized carbons (Fsp3) is 0.0909. The van der Waals surface area contributed by atoms with Crippen molar-refractivity contribution in [2.75, 3.05) is 5.32 Å². The second-order valence-corrected chi connectivity index (χ2v) is 4.10. The lowest BCUT2D eigenvalue weighted by atomic mass is 10.2. The molecule has 0 unspecified atom stereocenters. The second kappa shape index (κ2) is 5.03. The average Bonchev–Trinajstić information content (AvgIpc) is 2.32. The van der Waals surface area contributed by atoms with E-state index in [0.29, 0.717) is 17.9 Å². The SMILES string of the molecule is Fc1ccc(Br)cc1CNc1ccncn1. The van der Waals surface area contributed by atoms with Gasteiger partial charge in [-0.1, -0.05) is 15.9 Å². The Morgan fingerprint density at radius 3 is 2.94 bits per heavy atom. The number of halogens is 2. The van der Waals surface area contributed by atoms with E-state index in [2.05, 4.69) is 31.2 Å². The quantitative estimate of drug-likeness (QED) is 0.940. The van der Waals surface area contributed by atoms with E-state index in [0.717, 1.165) is 4.47 Å². The summed E-state index contributed by atoms with van der Waals surface area (Å²) in [6.07, 6.45) is 3.08. The van der Waals surface area contributed by atoms with Crippen LogP contribution in [0.3, 0.4) is 0 Å². The smallest absolute Gasteiger partial charge is 0.129 e. The highest BCUT2D eigenvalue weighted by Gasteiger charge is 2.02. The van der Waals surface area contributed by atoms with Gasteiger partial charge in [-0.3, -0.25) is 0 Å². The Labute approximate surface area is 101 Å². The molecule has 0 amide bonds. The molecule has 0 atom stereocenters. The van der Waals surface area contributed by atoms with Crippen LogP contribution in [0.15, 0.2) is 41.3 Å². The molecular weight excluding hydrogens is 273 g/mol. The van der Waals surface area contributed by atoms with Crippen molar-refractivity contribution < 1.29 is 4.39 Å². The highest BCUT2D eigenvalue weighted by atomic mass is 79.9. The lowest BCUT2D eigenvalue weighted by Gasteiger charge is -2.06. The Kier molecular flexibility index (Phi) is 3.46. The van der Waals surface area contributed by atoms with Crippen molar-refractivity contribution in [3.63, 3.8) is 0 Å². The predicted molar refractivity (Wildman–Crippen MR) is 63.5 cm³/mol. The zero-order valence-corrected chi connectivity index (χ0v) is 9.91. The maximum atomic E-state index is 13.4. The van der Waals surface area contributed by atoms with Gasteiger partial charge >= 0.3 is 0 Å². The first-order valence-corrected chi connectivity index (χ1v) is 5.49. The maximum absolute atomic E-state index is 13.4. The van der Waals surface area contributed by atoms with Crippen molar-refractivity contribution in [3.05, 3.63) is 52.6 Å². The van der Waals surface area contributed by atoms with Crippen molar-refractivity contribution >= 4 is 21.7 Å². The van der Waals surface area contributed by atoms with E-state index in [4.69, 9.17) is 0 Å². The van der Waals surface area contributed by atoms with E-state index in [9.17, 15) is 4.39 Å². The van der Waals surface area contributed by atoms with Crippen LogP contribution in [-0.4, -0.2) is 9.97 Å². The third kappa shape index (κ3) is 2.76. The van der Waals surface area contributed by atoms with Crippen LogP contribution in [0.4, 0.5) is 10.2 Å². The molecule has 1 N–H and O–H groups in total. The van der Waals surface area contributed by atoms with Crippen LogP contribution in [0.1, 0.15) is 5.56 Å². The first kappa shape index (κ1) is 11.0. The number of aromatic nitrogens is 2. The summed E-state index contributed by atoms with van der Waals surface area (Å²) in [7, 11) is 0. The lowest BCUT2D eigenvalue weighted by Crippen LogP contribution is -2.03. The van der Waals surface area contributed by atoms with Crippen molar-refractivity contribution in [1.82, 2.24) is 9.97 Å². The van der Waals surface area contributed by atoms with E-state index in [1.807, 2.05) is 0 Å². The topological polar surface area (TPSA) is 37.8 Å². The number of nitrogens with zero attached hydrogens (tertiary/aromatic N) is 2. The summed E-state index contributed by atoms with van der Waals surface area (Å²) in [4.78, 5) is 7.79. The monoisotopic (exact) mass is 281 g/mol. The number of hydrogen-bond donors (Lipinski definition) is 1. The summed E-state index contributed by atoms with van der Waals surface area (Å²) < 4.78 is 14.2. The van der Waals surface area contributed by atoms with Gasteiger partial charge in [0.05, 0.1) is 0 Å². The van der Waals surface area contributed by atoms with Crippen LogP contribution in [0.2, 0.25) is 0 Å². The van der Waals surface area contributed by atoms with Gasteiger partial charge in [-0.2, -0.15) is 0 Å². The summed E-state index contributed by atoms with van der Waals surface area (Å²) in [5, 5.41) is 3.02. The Morgan fingerprint density at radius 2 is 2.19 bits per heavy atom. The first-order valence-electron chi connectivity index (χ1n) is 4.69. The molecule has 1 aromatic heterocycles. The standard InChI is InChI=1S/C11H9BrFN3/c12-9-1-2-10(13)8(5-9)6-15-11-3-4-14-7-16-11/h1-5,7H,6H2,(H,14,15,16). The Bertz CT molecular complexity index is 476. The highest BCUT2D eigenvalue weighted by molar-refractivity contribution is 9.10. The molecule has 5 heteroatoms. The van der Waals surface area contributed by atoms with Crippen LogP contribution >= 0.6 is 15.9 Å². The molecule has 0 bridgehead atoms. The molecule has 2 aromatic rings. The van der Waals surface area contributed by atoms with E-state index < -0.39 is 0 Å². The molecule has 0 fully saturated rings. The van der Waals surface area contributed by atoms with Crippen molar-refractivity contribution in [3.8, 4) is 0 Å². The molecule has 2 rings (SSSR count).